The van der Waals surface area contributed by atoms with Crippen molar-refractivity contribution in [2.24, 2.45) is 11.8 Å². The van der Waals surface area contributed by atoms with Crippen LogP contribution in [0.25, 0.3) is 0 Å². The monoisotopic (exact) mass is 136 g/mol. The van der Waals surface area contributed by atoms with Crippen LogP contribution in [0.1, 0.15) is 26.2 Å². The summed E-state index contributed by atoms with van der Waals surface area (Å²) in [6.45, 7) is 2.21. The van der Waals surface area contributed by atoms with E-state index >= 15 is 0 Å². The predicted octanol–water partition coefficient (Wildman–Crippen LogP) is 1.62. The van der Waals surface area contributed by atoms with Crippen LogP contribution in [-0.2, 0) is 4.79 Å². The highest BCUT2D eigenvalue weighted by Gasteiger charge is 2.33. The number of rotatable bonds is 2. The van der Waals surface area contributed by atoms with E-state index in [2.05, 4.69) is 18.8 Å². The Morgan fingerprint density at radius 2 is 2.40 bits per heavy atom. The molecule has 1 aliphatic carbocycles. The van der Waals surface area contributed by atoms with Crippen molar-refractivity contribution in [2.75, 3.05) is 0 Å². The van der Waals surface area contributed by atoms with Gasteiger partial charge in [-0.1, -0.05) is 19.3 Å². The maximum absolute atomic E-state index is 9.78. The molecule has 0 aromatic heterocycles. The molecule has 0 bridgehead atoms. The second kappa shape index (κ2) is 3.41. The molecule has 0 saturated heterocycles. The maximum atomic E-state index is 9.78. The van der Waals surface area contributed by atoms with E-state index in [1.807, 2.05) is 0 Å². The second-order valence-electron chi connectivity index (χ2n) is 2.81. The molecule has 0 aromatic rings. The maximum Gasteiger partial charge on any atom is 0.192 e. The summed E-state index contributed by atoms with van der Waals surface area (Å²) in [5, 5.41) is 0. The molecule has 0 aromatic carbocycles. The van der Waals surface area contributed by atoms with E-state index in [1.165, 1.54) is 12.8 Å². The Morgan fingerprint density at radius 3 is 2.90 bits per heavy atom. The van der Waals surface area contributed by atoms with Crippen molar-refractivity contribution >= 4 is 6.29 Å². The van der Waals surface area contributed by atoms with E-state index < -0.39 is 0 Å². The van der Waals surface area contributed by atoms with Crippen molar-refractivity contribution in [2.45, 2.75) is 26.2 Å². The lowest BCUT2D eigenvalue weighted by molar-refractivity contribution is -0.103. The Labute approximate surface area is 61.8 Å². The molecule has 0 heterocycles. The first kappa shape index (κ1) is 7.34. The molecular weight excluding hydrogens is 124 g/mol. The van der Waals surface area contributed by atoms with Gasteiger partial charge >= 0.3 is 0 Å². The lowest BCUT2D eigenvalue weighted by Crippen LogP contribution is -1.77. The Balaban J connectivity index is 2.12. The molecule has 54 valence electrons. The Hall–Kier alpha value is -0.770. The van der Waals surface area contributed by atoms with Crippen LogP contribution in [0.3, 0.4) is 0 Å². The number of carbonyl (C=O) groups is 1. The van der Waals surface area contributed by atoms with Crippen molar-refractivity contribution in [1.29, 1.82) is 0 Å². The third-order valence-electron chi connectivity index (χ3n) is 2.12. The van der Waals surface area contributed by atoms with E-state index in [0.29, 0.717) is 6.29 Å². The molecule has 0 amide bonds. The fourth-order valence-electron chi connectivity index (χ4n) is 1.29. The minimum atomic E-state index is 0.670. The van der Waals surface area contributed by atoms with E-state index in [4.69, 9.17) is 0 Å². The van der Waals surface area contributed by atoms with Crippen LogP contribution >= 0.6 is 0 Å². The first-order chi connectivity index (χ1) is 4.88. The molecule has 1 aliphatic rings. The predicted molar refractivity (Wildman–Crippen MR) is 40.3 cm³/mol. The molecule has 10 heavy (non-hydrogen) atoms. The standard InChI is InChI=1S/C9H12O/c1-2-8-7-9(8)5-3-4-6-10/h6,8-9H,2,5,7H2,1H3/t8-,9-/m0/s1. The van der Waals surface area contributed by atoms with Gasteiger partial charge in [-0.25, -0.2) is 0 Å². The molecule has 0 N–H and O–H groups in total. The Morgan fingerprint density at radius 1 is 1.60 bits per heavy atom. The van der Waals surface area contributed by atoms with E-state index in [9.17, 15) is 4.79 Å². The summed E-state index contributed by atoms with van der Waals surface area (Å²) in [7, 11) is 0. The third-order valence-corrected chi connectivity index (χ3v) is 2.12. The molecule has 0 radical (unpaired) electrons. The van der Waals surface area contributed by atoms with Crippen LogP contribution in [0.15, 0.2) is 0 Å². The van der Waals surface area contributed by atoms with Crippen molar-refractivity contribution in [3.8, 4) is 11.8 Å². The van der Waals surface area contributed by atoms with E-state index in [-0.39, 0.29) is 0 Å². The zero-order valence-electron chi connectivity index (χ0n) is 6.26. The van der Waals surface area contributed by atoms with Gasteiger partial charge in [0.15, 0.2) is 6.29 Å². The van der Waals surface area contributed by atoms with Gasteiger partial charge in [0.2, 0.25) is 0 Å². The van der Waals surface area contributed by atoms with Crippen molar-refractivity contribution in [3.63, 3.8) is 0 Å². The number of aldehydes is 1. The van der Waals surface area contributed by atoms with Gasteiger partial charge < -0.3 is 0 Å². The van der Waals surface area contributed by atoms with Crippen LogP contribution in [0, 0.1) is 23.7 Å². The topological polar surface area (TPSA) is 17.1 Å². The van der Waals surface area contributed by atoms with Gasteiger partial charge in [-0.15, -0.1) is 0 Å². The van der Waals surface area contributed by atoms with E-state index in [0.717, 1.165) is 18.3 Å². The summed E-state index contributed by atoms with van der Waals surface area (Å²) in [6.07, 6.45) is 4.19. The minimum Gasteiger partial charge on any atom is -0.289 e. The van der Waals surface area contributed by atoms with Gasteiger partial charge in [0.1, 0.15) is 0 Å². The van der Waals surface area contributed by atoms with Gasteiger partial charge in [-0.3, -0.25) is 4.79 Å². The molecule has 1 rings (SSSR count). The van der Waals surface area contributed by atoms with E-state index in [1.54, 1.807) is 0 Å². The molecule has 0 spiro atoms. The van der Waals surface area contributed by atoms with Crippen LogP contribution < -0.4 is 0 Å². The SMILES string of the molecule is CC[C@H]1C[C@@H]1CC#CC=O. The third kappa shape index (κ3) is 1.88. The number of carbonyl (C=O) groups excluding carboxylic acids is 1. The first-order valence-electron chi connectivity index (χ1n) is 3.80. The lowest BCUT2D eigenvalue weighted by atomic mass is 10.2. The van der Waals surface area contributed by atoms with Crippen LogP contribution in [0.2, 0.25) is 0 Å². The van der Waals surface area contributed by atoms with Crippen LogP contribution in [0.4, 0.5) is 0 Å². The summed E-state index contributed by atoms with van der Waals surface area (Å²) in [5.41, 5.74) is 0. The number of hydrogen-bond donors (Lipinski definition) is 0. The fraction of sp³-hybridized carbons (Fsp3) is 0.667. The largest absolute Gasteiger partial charge is 0.289 e. The van der Waals surface area contributed by atoms with Gasteiger partial charge in [-0.05, 0) is 24.2 Å². The molecule has 0 unspecified atom stereocenters. The Bertz CT molecular complexity index is 173. The quantitative estimate of drug-likeness (QED) is 0.416. The fourth-order valence-corrected chi connectivity index (χ4v) is 1.29. The molecule has 0 aliphatic heterocycles. The zero-order chi connectivity index (χ0) is 7.40. The highest BCUT2D eigenvalue weighted by Crippen LogP contribution is 2.42. The summed E-state index contributed by atoms with van der Waals surface area (Å²) in [5.74, 6) is 6.98. The average molecular weight is 136 g/mol. The Kier molecular flexibility index (Phi) is 2.50. The molecule has 1 nitrogen and oxygen atoms in total. The minimum absolute atomic E-state index is 0.670. The van der Waals surface area contributed by atoms with Crippen LogP contribution in [-0.4, -0.2) is 6.29 Å². The summed E-state index contributed by atoms with van der Waals surface area (Å²) >= 11 is 0. The van der Waals surface area contributed by atoms with Gasteiger partial charge in [0.25, 0.3) is 0 Å². The second-order valence-corrected chi connectivity index (χ2v) is 2.81. The lowest BCUT2D eigenvalue weighted by Gasteiger charge is -1.85. The van der Waals surface area contributed by atoms with Gasteiger partial charge in [0.05, 0.1) is 0 Å². The summed E-state index contributed by atoms with van der Waals surface area (Å²) in [4.78, 5) is 9.78. The average Bonchev–Trinajstić information content (AvgIpc) is 2.68. The molecule has 2 atom stereocenters. The van der Waals surface area contributed by atoms with Crippen molar-refractivity contribution in [3.05, 3.63) is 0 Å². The summed E-state index contributed by atoms with van der Waals surface area (Å²) in [6, 6.07) is 0. The van der Waals surface area contributed by atoms with Crippen LogP contribution in [0.5, 0.6) is 0 Å². The van der Waals surface area contributed by atoms with Crippen molar-refractivity contribution in [1.82, 2.24) is 0 Å². The normalized spacial score (nSPS) is 28.5. The highest BCUT2D eigenvalue weighted by atomic mass is 16.1. The highest BCUT2D eigenvalue weighted by molar-refractivity contribution is 5.72. The van der Waals surface area contributed by atoms with Gasteiger partial charge in [0, 0.05) is 6.42 Å². The van der Waals surface area contributed by atoms with Gasteiger partial charge in [-0.2, -0.15) is 0 Å². The van der Waals surface area contributed by atoms with Crippen molar-refractivity contribution < 1.29 is 4.79 Å². The molecular formula is C9H12O. The first-order valence-corrected chi connectivity index (χ1v) is 3.80. The summed E-state index contributed by atoms with van der Waals surface area (Å²) < 4.78 is 0. The molecule has 1 fully saturated rings. The molecule has 1 saturated carbocycles. The zero-order valence-corrected chi connectivity index (χ0v) is 6.26. The smallest absolute Gasteiger partial charge is 0.192 e. The molecule has 1 heteroatoms. The number of hydrogen-bond acceptors (Lipinski definition) is 1.